The second-order valence-corrected chi connectivity index (χ2v) is 18.7. The molecule has 2 heteroatoms. The molecular formula is C69H46N2. The van der Waals surface area contributed by atoms with E-state index in [2.05, 4.69) is 289 Å². The van der Waals surface area contributed by atoms with Gasteiger partial charge in [-0.25, -0.2) is 0 Å². The summed E-state index contributed by atoms with van der Waals surface area (Å²) in [5.74, 6) is 0. The van der Waals surface area contributed by atoms with Crippen LogP contribution in [0.5, 0.6) is 0 Å². The van der Waals surface area contributed by atoms with E-state index in [1.165, 1.54) is 99.0 Å². The zero-order valence-electron chi connectivity index (χ0n) is 39.0. The molecule has 13 aromatic rings. The fraction of sp³-hybridized carbons (Fsp3) is 0.0145. The molecule has 0 spiro atoms. The van der Waals surface area contributed by atoms with Gasteiger partial charge in [-0.3, -0.25) is 0 Å². The van der Waals surface area contributed by atoms with Crippen LogP contribution in [0.25, 0.3) is 82.4 Å². The van der Waals surface area contributed by atoms with Crippen molar-refractivity contribution in [1.29, 1.82) is 0 Å². The summed E-state index contributed by atoms with van der Waals surface area (Å²) in [5.41, 5.74) is 18.8. The van der Waals surface area contributed by atoms with Crippen LogP contribution in [0, 0.1) is 0 Å². The Hall–Kier alpha value is -9.24. The summed E-state index contributed by atoms with van der Waals surface area (Å²) in [6.45, 7) is 0. The van der Waals surface area contributed by atoms with Gasteiger partial charge in [-0.15, -0.1) is 0 Å². The summed E-state index contributed by atoms with van der Waals surface area (Å²) >= 11 is 0. The molecule has 14 rings (SSSR count). The highest BCUT2D eigenvalue weighted by molar-refractivity contribution is 6.32. The van der Waals surface area contributed by atoms with Gasteiger partial charge in [0.25, 0.3) is 0 Å². The first-order chi connectivity index (χ1) is 35.3. The van der Waals surface area contributed by atoms with Crippen LogP contribution in [0.3, 0.4) is 0 Å². The third-order valence-corrected chi connectivity index (χ3v) is 15.0. The van der Waals surface area contributed by atoms with Crippen LogP contribution in [0.15, 0.2) is 279 Å². The summed E-state index contributed by atoms with van der Waals surface area (Å²) in [6, 6.07) is 103. The molecule has 1 aliphatic carbocycles. The summed E-state index contributed by atoms with van der Waals surface area (Å²) in [4.78, 5) is 2.32. The quantitative estimate of drug-likeness (QED) is 0.138. The second kappa shape index (κ2) is 16.5. The molecule has 0 saturated heterocycles. The van der Waals surface area contributed by atoms with Gasteiger partial charge >= 0.3 is 0 Å². The van der Waals surface area contributed by atoms with Crippen molar-refractivity contribution in [2.45, 2.75) is 5.41 Å². The van der Waals surface area contributed by atoms with Crippen molar-refractivity contribution < 1.29 is 0 Å². The maximum Gasteiger partial charge on any atom is 0.0713 e. The first kappa shape index (κ1) is 40.8. The van der Waals surface area contributed by atoms with Gasteiger partial charge in [-0.2, -0.15) is 0 Å². The van der Waals surface area contributed by atoms with Crippen molar-refractivity contribution >= 4 is 60.4 Å². The Kier molecular flexibility index (Phi) is 9.47. The van der Waals surface area contributed by atoms with Gasteiger partial charge in [-0.1, -0.05) is 224 Å². The van der Waals surface area contributed by atoms with Gasteiger partial charge in [-0.05, 0) is 126 Å². The molecule has 0 bridgehead atoms. The third kappa shape index (κ3) is 6.28. The van der Waals surface area contributed by atoms with Crippen LogP contribution in [0.1, 0.15) is 22.3 Å². The maximum atomic E-state index is 2.57. The SMILES string of the molecule is c1ccc(N(c2ccccc2)c2ccc(-c3ccccc3-c3ccc4c5c6ccccc6c6ccccc6c5n(-c5ccc6c(c5)-c5ccccc5C6(c5ccccc5)c5ccccc5)c4c3)cc2)cc1. The molecule has 0 N–H and O–H groups in total. The van der Waals surface area contributed by atoms with Crippen molar-refractivity contribution in [3.05, 3.63) is 301 Å². The Bertz CT molecular complexity index is 4060. The first-order valence-corrected chi connectivity index (χ1v) is 24.6. The van der Waals surface area contributed by atoms with Gasteiger partial charge in [0, 0.05) is 38.9 Å². The number of benzene rings is 12. The Morgan fingerprint density at radius 1 is 0.296 bits per heavy atom. The topological polar surface area (TPSA) is 8.17 Å². The molecule has 0 fully saturated rings. The van der Waals surface area contributed by atoms with Crippen LogP contribution in [0.2, 0.25) is 0 Å². The number of fused-ring (bicyclic) bond motifs is 11. The van der Waals surface area contributed by atoms with Gasteiger partial charge in [0.05, 0.1) is 16.4 Å². The van der Waals surface area contributed by atoms with Crippen molar-refractivity contribution in [1.82, 2.24) is 4.57 Å². The van der Waals surface area contributed by atoms with Crippen LogP contribution in [0.4, 0.5) is 17.1 Å². The van der Waals surface area contributed by atoms with E-state index < -0.39 is 5.41 Å². The normalized spacial score (nSPS) is 12.6. The number of hydrogen-bond donors (Lipinski definition) is 0. The zero-order valence-corrected chi connectivity index (χ0v) is 39.0. The van der Waals surface area contributed by atoms with E-state index in [9.17, 15) is 0 Å². The lowest BCUT2D eigenvalue weighted by molar-refractivity contribution is 0.768. The summed E-state index contributed by atoms with van der Waals surface area (Å²) in [5, 5.41) is 7.53. The Morgan fingerprint density at radius 2 is 0.761 bits per heavy atom. The molecule has 0 aliphatic heterocycles. The van der Waals surface area contributed by atoms with E-state index in [0.717, 1.165) is 22.7 Å². The second-order valence-electron chi connectivity index (χ2n) is 18.7. The molecule has 0 atom stereocenters. The number of anilines is 3. The van der Waals surface area contributed by atoms with Gasteiger partial charge in [0.15, 0.2) is 0 Å². The summed E-state index contributed by atoms with van der Waals surface area (Å²) < 4.78 is 2.57. The molecule has 0 saturated carbocycles. The highest BCUT2D eigenvalue weighted by atomic mass is 15.1. The molecule has 0 unspecified atom stereocenters. The zero-order chi connectivity index (χ0) is 46.9. The maximum absolute atomic E-state index is 2.57. The molecular weight excluding hydrogens is 857 g/mol. The monoisotopic (exact) mass is 902 g/mol. The Morgan fingerprint density at radius 3 is 1.39 bits per heavy atom. The lowest BCUT2D eigenvalue weighted by Gasteiger charge is -2.33. The number of rotatable bonds is 8. The minimum atomic E-state index is -0.479. The van der Waals surface area contributed by atoms with E-state index in [1.807, 2.05) is 0 Å². The number of aromatic nitrogens is 1. The highest BCUT2D eigenvalue weighted by Crippen LogP contribution is 2.57. The minimum Gasteiger partial charge on any atom is -0.311 e. The lowest BCUT2D eigenvalue weighted by Crippen LogP contribution is -2.28. The van der Waals surface area contributed by atoms with Crippen LogP contribution >= 0.6 is 0 Å². The van der Waals surface area contributed by atoms with Gasteiger partial charge < -0.3 is 9.47 Å². The van der Waals surface area contributed by atoms with E-state index in [-0.39, 0.29) is 0 Å². The van der Waals surface area contributed by atoms with Crippen molar-refractivity contribution in [3.8, 4) is 39.1 Å². The summed E-state index contributed by atoms with van der Waals surface area (Å²) in [7, 11) is 0. The molecule has 71 heavy (non-hydrogen) atoms. The predicted molar refractivity (Wildman–Crippen MR) is 299 cm³/mol. The first-order valence-electron chi connectivity index (χ1n) is 24.6. The number of para-hydroxylation sites is 2. The van der Waals surface area contributed by atoms with Gasteiger partial charge in [0.2, 0.25) is 0 Å². The van der Waals surface area contributed by atoms with Crippen molar-refractivity contribution in [2.75, 3.05) is 4.90 Å². The minimum absolute atomic E-state index is 0.479. The fourth-order valence-electron chi connectivity index (χ4n) is 12.1. The smallest absolute Gasteiger partial charge is 0.0713 e. The van der Waals surface area contributed by atoms with Crippen LogP contribution in [-0.2, 0) is 5.41 Å². The molecule has 1 aromatic heterocycles. The average molecular weight is 903 g/mol. The average Bonchev–Trinajstić information content (AvgIpc) is 3.95. The van der Waals surface area contributed by atoms with Crippen LogP contribution in [-0.4, -0.2) is 4.57 Å². The highest BCUT2D eigenvalue weighted by Gasteiger charge is 2.46. The molecule has 2 nitrogen and oxygen atoms in total. The Labute approximate surface area is 413 Å². The summed E-state index contributed by atoms with van der Waals surface area (Å²) in [6.07, 6.45) is 0. The van der Waals surface area contributed by atoms with E-state index in [0.29, 0.717) is 0 Å². The van der Waals surface area contributed by atoms with E-state index in [1.54, 1.807) is 0 Å². The van der Waals surface area contributed by atoms with E-state index in [4.69, 9.17) is 0 Å². The molecule has 332 valence electrons. The van der Waals surface area contributed by atoms with Gasteiger partial charge in [0.1, 0.15) is 0 Å². The largest absolute Gasteiger partial charge is 0.311 e. The third-order valence-electron chi connectivity index (χ3n) is 15.0. The predicted octanol–water partition coefficient (Wildman–Crippen LogP) is 18.3. The lowest BCUT2D eigenvalue weighted by atomic mass is 9.68. The Balaban J connectivity index is 0.993. The molecule has 1 heterocycles. The number of hydrogen-bond acceptors (Lipinski definition) is 1. The molecule has 0 amide bonds. The fourth-order valence-corrected chi connectivity index (χ4v) is 12.1. The van der Waals surface area contributed by atoms with E-state index >= 15 is 0 Å². The molecule has 1 aliphatic rings. The van der Waals surface area contributed by atoms with Crippen molar-refractivity contribution in [3.63, 3.8) is 0 Å². The molecule has 12 aromatic carbocycles. The van der Waals surface area contributed by atoms with Crippen molar-refractivity contribution in [2.24, 2.45) is 0 Å². The number of nitrogens with zero attached hydrogens (tertiary/aromatic N) is 2. The standard InChI is InChI=1S/C69H46N2/c1-5-21-49(22-6-1)69(50-23-7-2-8-24-50)64-36-20-19-33-59(64)63-46-54(42-44-65(63)69)71-66-45-48(39-43-62(66)67-60-34-17-15-31-57(60)58-32-16-18-35-61(58)68(67)71)56-30-14-13-29-55(56)47-37-40-53(41-38-47)70(51-25-9-3-10-26-51)52-27-11-4-12-28-52/h1-46H. The van der Waals surface area contributed by atoms with Crippen LogP contribution < -0.4 is 4.90 Å². The molecule has 0 radical (unpaired) electrons.